The zero-order chi connectivity index (χ0) is 15.0. The standard InChI is InChI=1S/C19H25NO2/c21-18(20-12-10-19(11-13-20)14-22-19)17-9-5-4-8-16(17)15-6-2-1-3-7-15/h1-3,6-7,16-17H,4-5,8-14H2/t16-,17+/m1/s1. The van der Waals surface area contributed by atoms with Crippen molar-refractivity contribution in [3.63, 3.8) is 0 Å². The zero-order valence-electron chi connectivity index (χ0n) is 13.2. The van der Waals surface area contributed by atoms with Crippen molar-refractivity contribution in [1.29, 1.82) is 0 Å². The molecule has 22 heavy (non-hydrogen) atoms. The number of nitrogens with zero attached hydrogens (tertiary/aromatic N) is 1. The molecule has 0 N–H and O–H groups in total. The van der Waals surface area contributed by atoms with Crippen molar-refractivity contribution in [2.24, 2.45) is 5.92 Å². The number of hydrogen-bond donors (Lipinski definition) is 0. The highest BCUT2D eigenvalue weighted by Crippen LogP contribution is 2.41. The summed E-state index contributed by atoms with van der Waals surface area (Å²) in [6.07, 6.45) is 6.71. The SMILES string of the molecule is O=C([C@H]1CCCC[C@@H]1c1ccccc1)N1CCC2(CC1)CO2. The Bertz CT molecular complexity index is 528. The highest BCUT2D eigenvalue weighted by atomic mass is 16.6. The predicted octanol–water partition coefficient (Wildman–Crippen LogP) is 3.35. The van der Waals surface area contributed by atoms with E-state index in [1.807, 2.05) is 0 Å². The number of likely N-dealkylation sites (tertiary alicyclic amines) is 1. The van der Waals surface area contributed by atoms with Crippen LogP contribution in [-0.2, 0) is 9.53 Å². The smallest absolute Gasteiger partial charge is 0.226 e. The molecule has 3 fully saturated rings. The summed E-state index contributed by atoms with van der Waals surface area (Å²) in [7, 11) is 0. The molecule has 2 aliphatic heterocycles. The second-order valence-electron chi connectivity index (χ2n) is 7.21. The number of ether oxygens (including phenoxy) is 1. The van der Waals surface area contributed by atoms with Crippen LogP contribution in [0.5, 0.6) is 0 Å². The van der Waals surface area contributed by atoms with Crippen molar-refractivity contribution < 1.29 is 9.53 Å². The molecule has 0 aromatic heterocycles. The minimum Gasteiger partial charge on any atom is -0.369 e. The molecular weight excluding hydrogens is 274 g/mol. The highest BCUT2D eigenvalue weighted by Gasteiger charge is 2.48. The summed E-state index contributed by atoms with van der Waals surface area (Å²) in [6, 6.07) is 10.6. The molecule has 2 saturated heterocycles. The molecule has 3 nitrogen and oxygen atoms in total. The maximum Gasteiger partial charge on any atom is 0.226 e. The quantitative estimate of drug-likeness (QED) is 0.785. The van der Waals surface area contributed by atoms with Gasteiger partial charge in [-0.25, -0.2) is 0 Å². The van der Waals surface area contributed by atoms with Crippen molar-refractivity contribution in [3.05, 3.63) is 35.9 Å². The van der Waals surface area contributed by atoms with Gasteiger partial charge in [-0.1, -0.05) is 43.2 Å². The van der Waals surface area contributed by atoms with Crippen LogP contribution in [0.15, 0.2) is 30.3 Å². The predicted molar refractivity (Wildman–Crippen MR) is 85.6 cm³/mol. The molecule has 0 unspecified atom stereocenters. The van der Waals surface area contributed by atoms with Gasteiger partial charge in [0.1, 0.15) is 0 Å². The van der Waals surface area contributed by atoms with E-state index in [-0.39, 0.29) is 11.5 Å². The minimum absolute atomic E-state index is 0.155. The molecule has 1 amide bonds. The Hall–Kier alpha value is -1.35. The summed E-state index contributed by atoms with van der Waals surface area (Å²) in [5.41, 5.74) is 1.50. The van der Waals surface area contributed by atoms with Gasteiger partial charge in [-0.15, -0.1) is 0 Å². The molecular formula is C19H25NO2. The molecule has 1 spiro atoms. The Morgan fingerprint density at radius 2 is 1.77 bits per heavy atom. The first-order valence-corrected chi connectivity index (χ1v) is 8.75. The van der Waals surface area contributed by atoms with Crippen LogP contribution in [0.4, 0.5) is 0 Å². The second-order valence-corrected chi connectivity index (χ2v) is 7.21. The van der Waals surface area contributed by atoms with E-state index in [1.54, 1.807) is 0 Å². The first kappa shape index (κ1) is 14.3. The molecule has 1 aromatic carbocycles. The molecule has 1 aromatic rings. The Labute approximate surface area is 132 Å². The maximum atomic E-state index is 13.1. The van der Waals surface area contributed by atoms with E-state index in [9.17, 15) is 4.79 Å². The van der Waals surface area contributed by atoms with E-state index in [0.29, 0.717) is 11.8 Å². The van der Waals surface area contributed by atoms with Gasteiger partial charge in [-0.05, 0) is 37.2 Å². The lowest BCUT2D eigenvalue weighted by Gasteiger charge is -2.37. The minimum atomic E-state index is 0.155. The lowest BCUT2D eigenvalue weighted by molar-refractivity contribution is -0.138. The van der Waals surface area contributed by atoms with E-state index in [1.165, 1.54) is 18.4 Å². The first-order valence-electron chi connectivity index (χ1n) is 8.75. The maximum absolute atomic E-state index is 13.1. The Morgan fingerprint density at radius 3 is 2.45 bits per heavy atom. The van der Waals surface area contributed by atoms with Crippen LogP contribution in [0.1, 0.15) is 50.0 Å². The van der Waals surface area contributed by atoms with E-state index >= 15 is 0 Å². The summed E-state index contributed by atoms with van der Waals surface area (Å²) < 4.78 is 5.56. The second kappa shape index (κ2) is 5.69. The van der Waals surface area contributed by atoms with Gasteiger partial charge in [-0.2, -0.15) is 0 Å². The lowest BCUT2D eigenvalue weighted by Crippen LogP contribution is -2.45. The summed E-state index contributed by atoms with van der Waals surface area (Å²) in [5.74, 6) is 0.991. The molecule has 3 heteroatoms. The van der Waals surface area contributed by atoms with Crippen LogP contribution in [0, 0.1) is 5.92 Å². The van der Waals surface area contributed by atoms with Gasteiger partial charge in [-0.3, -0.25) is 4.79 Å². The highest BCUT2D eigenvalue weighted by molar-refractivity contribution is 5.80. The van der Waals surface area contributed by atoms with Gasteiger partial charge in [0.15, 0.2) is 0 Å². The Morgan fingerprint density at radius 1 is 1.09 bits per heavy atom. The van der Waals surface area contributed by atoms with Crippen molar-refractivity contribution in [3.8, 4) is 0 Å². The topological polar surface area (TPSA) is 32.8 Å². The number of epoxide rings is 1. The summed E-state index contributed by atoms with van der Waals surface area (Å²) in [5, 5.41) is 0. The molecule has 0 radical (unpaired) electrons. The summed E-state index contributed by atoms with van der Waals surface area (Å²) in [6.45, 7) is 2.68. The molecule has 118 valence electrons. The fraction of sp³-hybridized carbons (Fsp3) is 0.632. The Balaban J connectivity index is 1.48. The summed E-state index contributed by atoms with van der Waals surface area (Å²) >= 11 is 0. The van der Waals surface area contributed by atoms with Crippen LogP contribution < -0.4 is 0 Å². The van der Waals surface area contributed by atoms with Crippen molar-refractivity contribution in [2.75, 3.05) is 19.7 Å². The van der Waals surface area contributed by atoms with E-state index in [4.69, 9.17) is 4.74 Å². The molecule has 2 atom stereocenters. The fourth-order valence-corrected chi connectivity index (χ4v) is 4.29. The van der Waals surface area contributed by atoms with Crippen molar-refractivity contribution in [2.45, 2.75) is 50.0 Å². The third-order valence-corrected chi connectivity index (χ3v) is 5.85. The summed E-state index contributed by atoms with van der Waals surface area (Å²) in [4.78, 5) is 15.2. The molecule has 1 saturated carbocycles. The first-order chi connectivity index (χ1) is 10.8. The third kappa shape index (κ3) is 2.67. The normalized spacial score (nSPS) is 30.3. The number of carbonyl (C=O) groups is 1. The van der Waals surface area contributed by atoms with E-state index in [2.05, 4.69) is 35.2 Å². The van der Waals surface area contributed by atoms with Gasteiger partial charge < -0.3 is 9.64 Å². The number of carbonyl (C=O) groups excluding carboxylic acids is 1. The van der Waals surface area contributed by atoms with Gasteiger partial charge >= 0.3 is 0 Å². The number of rotatable bonds is 2. The average molecular weight is 299 g/mol. The fourth-order valence-electron chi connectivity index (χ4n) is 4.29. The number of amides is 1. The molecule has 2 heterocycles. The number of benzene rings is 1. The molecule has 4 rings (SSSR count). The van der Waals surface area contributed by atoms with Crippen LogP contribution in [0.3, 0.4) is 0 Å². The monoisotopic (exact) mass is 299 g/mol. The number of hydrogen-bond acceptors (Lipinski definition) is 2. The van der Waals surface area contributed by atoms with E-state index in [0.717, 1.165) is 45.4 Å². The van der Waals surface area contributed by atoms with Crippen LogP contribution >= 0.6 is 0 Å². The zero-order valence-corrected chi connectivity index (χ0v) is 13.2. The number of piperidine rings is 1. The van der Waals surface area contributed by atoms with Crippen LogP contribution in [0.25, 0.3) is 0 Å². The Kier molecular flexibility index (Phi) is 3.69. The van der Waals surface area contributed by atoms with E-state index < -0.39 is 0 Å². The van der Waals surface area contributed by atoms with Gasteiger partial charge in [0.2, 0.25) is 5.91 Å². The molecule has 1 aliphatic carbocycles. The average Bonchev–Trinajstić information content (AvgIpc) is 3.35. The lowest BCUT2D eigenvalue weighted by atomic mass is 9.74. The van der Waals surface area contributed by atoms with Gasteiger partial charge in [0.05, 0.1) is 12.2 Å². The third-order valence-electron chi connectivity index (χ3n) is 5.85. The van der Waals surface area contributed by atoms with Crippen molar-refractivity contribution in [1.82, 2.24) is 4.90 Å². The van der Waals surface area contributed by atoms with Crippen LogP contribution in [-0.4, -0.2) is 36.1 Å². The largest absolute Gasteiger partial charge is 0.369 e. The van der Waals surface area contributed by atoms with Crippen molar-refractivity contribution >= 4 is 5.91 Å². The molecule has 3 aliphatic rings. The van der Waals surface area contributed by atoms with Crippen LogP contribution in [0.2, 0.25) is 0 Å². The molecule has 0 bridgehead atoms. The van der Waals surface area contributed by atoms with Gasteiger partial charge in [0, 0.05) is 19.0 Å². The van der Waals surface area contributed by atoms with Gasteiger partial charge in [0.25, 0.3) is 0 Å².